The molecule has 0 aliphatic rings. The van der Waals surface area contributed by atoms with Crippen LogP contribution in [0.15, 0.2) is 24.3 Å². The van der Waals surface area contributed by atoms with Crippen molar-refractivity contribution in [2.75, 3.05) is 19.0 Å². The van der Waals surface area contributed by atoms with Crippen LogP contribution in [0.25, 0.3) is 5.57 Å². The van der Waals surface area contributed by atoms with E-state index < -0.39 is 0 Å². The molecule has 0 atom stereocenters. The van der Waals surface area contributed by atoms with Gasteiger partial charge in [0.2, 0.25) is 5.91 Å². The van der Waals surface area contributed by atoms with Crippen molar-refractivity contribution in [2.24, 2.45) is 5.73 Å². The SMILES string of the molecule is COc1ccc(/C(C)=C/CCCN)cc1NC(C)=O. The lowest BCUT2D eigenvalue weighted by Gasteiger charge is -2.11. The van der Waals surface area contributed by atoms with Crippen molar-refractivity contribution in [3.8, 4) is 5.75 Å². The number of carbonyl (C=O) groups is 1. The van der Waals surface area contributed by atoms with E-state index in [1.807, 2.05) is 18.2 Å². The van der Waals surface area contributed by atoms with Crippen molar-refractivity contribution in [3.63, 3.8) is 0 Å². The number of ether oxygens (including phenoxy) is 1. The lowest BCUT2D eigenvalue weighted by atomic mass is 10.0. The fraction of sp³-hybridized carbons (Fsp3) is 0.400. The third-order valence-electron chi connectivity index (χ3n) is 2.82. The predicted molar refractivity (Wildman–Crippen MR) is 79.2 cm³/mol. The number of rotatable bonds is 6. The molecule has 0 aromatic heterocycles. The fourth-order valence-electron chi connectivity index (χ4n) is 1.79. The second-order valence-corrected chi connectivity index (χ2v) is 4.41. The van der Waals surface area contributed by atoms with Gasteiger partial charge < -0.3 is 15.8 Å². The van der Waals surface area contributed by atoms with Crippen molar-refractivity contribution in [1.29, 1.82) is 0 Å². The van der Waals surface area contributed by atoms with Crippen LogP contribution in [-0.2, 0) is 4.79 Å². The van der Waals surface area contributed by atoms with Crippen molar-refractivity contribution in [3.05, 3.63) is 29.8 Å². The van der Waals surface area contributed by atoms with Crippen LogP contribution in [0.5, 0.6) is 5.75 Å². The number of hydrogen-bond acceptors (Lipinski definition) is 3. The maximum absolute atomic E-state index is 11.2. The summed E-state index contributed by atoms with van der Waals surface area (Å²) in [6.45, 7) is 4.23. The molecule has 1 rings (SSSR count). The third kappa shape index (κ3) is 4.75. The van der Waals surface area contributed by atoms with Gasteiger partial charge in [-0.05, 0) is 49.6 Å². The molecular formula is C15H22N2O2. The summed E-state index contributed by atoms with van der Waals surface area (Å²) in [7, 11) is 1.59. The molecule has 4 nitrogen and oxygen atoms in total. The molecule has 0 fully saturated rings. The van der Waals surface area contributed by atoms with E-state index in [1.165, 1.54) is 12.5 Å². The summed E-state index contributed by atoms with van der Waals surface area (Å²) in [5.41, 5.74) is 8.41. The van der Waals surface area contributed by atoms with E-state index in [0.29, 0.717) is 18.0 Å². The van der Waals surface area contributed by atoms with Gasteiger partial charge in [0.25, 0.3) is 0 Å². The second-order valence-electron chi connectivity index (χ2n) is 4.41. The van der Waals surface area contributed by atoms with E-state index in [-0.39, 0.29) is 5.91 Å². The maximum atomic E-state index is 11.2. The minimum atomic E-state index is -0.111. The standard InChI is InChI=1S/C15H22N2O2/c1-11(6-4-5-9-16)13-7-8-15(19-3)14(10-13)17-12(2)18/h6-8,10H,4-5,9,16H2,1-3H3,(H,17,18)/b11-6+. The quantitative estimate of drug-likeness (QED) is 0.775. The molecule has 0 heterocycles. The highest BCUT2D eigenvalue weighted by Gasteiger charge is 2.06. The summed E-state index contributed by atoms with van der Waals surface area (Å²) in [6.07, 6.45) is 4.10. The lowest BCUT2D eigenvalue weighted by molar-refractivity contribution is -0.114. The van der Waals surface area contributed by atoms with Crippen LogP contribution in [0.1, 0.15) is 32.3 Å². The fourth-order valence-corrected chi connectivity index (χ4v) is 1.79. The summed E-state index contributed by atoms with van der Waals surface area (Å²) < 4.78 is 5.23. The number of nitrogens with one attached hydrogen (secondary N) is 1. The van der Waals surface area contributed by atoms with Crippen molar-refractivity contribution >= 4 is 17.2 Å². The summed E-state index contributed by atoms with van der Waals surface area (Å²) in [5, 5.41) is 2.78. The number of amides is 1. The van der Waals surface area contributed by atoms with Crippen molar-refractivity contribution in [2.45, 2.75) is 26.7 Å². The Labute approximate surface area is 114 Å². The van der Waals surface area contributed by atoms with Gasteiger partial charge in [0.05, 0.1) is 12.8 Å². The molecule has 0 saturated carbocycles. The van der Waals surface area contributed by atoms with Crippen LogP contribution in [0.2, 0.25) is 0 Å². The van der Waals surface area contributed by atoms with Crippen LogP contribution in [0.3, 0.4) is 0 Å². The van der Waals surface area contributed by atoms with E-state index in [0.717, 1.165) is 18.4 Å². The number of unbranched alkanes of at least 4 members (excludes halogenated alkanes) is 1. The Balaban J connectivity index is 2.96. The van der Waals surface area contributed by atoms with Crippen LogP contribution in [-0.4, -0.2) is 19.6 Å². The van der Waals surface area contributed by atoms with E-state index in [2.05, 4.69) is 18.3 Å². The zero-order valence-electron chi connectivity index (χ0n) is 11.8. The highest BCUT2D eigenvalue weighted by Crippen LogP contribution is 2.28. The maximum Gasteiger partial charge on any atom is 0.221 e. The van der Waals surface area contributed by atoms with Gasteiger partial charge in [-0.15, -0.1) is 0 Å². The number of nitrogens with two attached hydrogens (primary N) is 1. The minimum absolute atomic E-state index is 0.111. The first-order valence-corrected chi connectivity index (χ1v) is 6.41. The summed E-state index contributed by atoms with van der Waals surface area (Å²) in [5.74, 6) is 0.550. The summed E-state index contributed by atoms with van der Waals surface area (Å²) in [4.78, 5) is 11.2. The van der Waals surface area contributed by atoms with Crippen molar-refractivity contribution in [1.82, 2.24) is 0 Å². The Hall–Kier alpha value is -1.81. The van der Waals surface area contributed by atoms with Crippen LogP contribution in [0.4, 0.5) is 5.69 Å². The van der Waals surface area contributed by atoms with Gasteiger partial charge in [0.15, 0.2) is 0 Å². The average Bonchev–Trinajstić information content (AvgIpc) is 2.38. The molecule has 0 radical (unpaired) electrons. The van der Waals surface area contributed by atoms with Crippen molar-refractivity contribution < 1.29 is 9.53 Å². The molecule has 19 heavy (non-hydrogen) atoms. The monoisotopic (exact) mass is 262 g/mol. The Kier molecular flexibility index (Phi) is 6.09. The van der Waals surface area contributed by atoms with Gasteiger partial charge in [-0.2, -0.15) is 0 Å². The number of allylic oxidation sites excluding steroid dienone is 2. The summed E-state index contributed by atoms with van der Waals surface area (Å²) >= 11 is 0. The largest absolute Gasteiger partial charge is 0.495 e. The average molecular weight is 262 g/mol. The number of hydrogen-bond donors (Lipinski definition) is 2. The third-order valence-corrected chi connectivity index (χ3v) is 2.82. The Morgan fingerprint density at radius 2 is 2.16 bits per heavy atom. The van der Waals surface area contributed by atoms with Crippen LogP contribution >= 0.6 is 0 Å². The Bertz CT molecular complexity index is 467. The molecule has 0 aliphatic heterocycles. The lowest BCUT2D eigenvalue weighted by Crippen LogP contribution is -2.07. The van der Waals surface area contributed by atoms with E-state index in [4.69, 9.17) is 10.5 Å². The van der Waals surface area contributed by atoms with E-state index in [9.17, 15) is 4.79 Å². The van der Waals surface area contributed by atoms with Gasteiger partial charge in [0.1, 0.15) is 5.75 Å². The highest BCUT2D eigenvalue weighted by atomic mass is 16.5. The molecule has 4 heteroatoms. The van der Waals surface area contributed by atoms with Crippen LogP contribution < -0.4 is 15.8 Å². The molecule has 0 aliphatic carbocycles. The molecule has 1 amide bonds. The Morgan fingerprint density at radius 3 is 2.74 bits per heavy atom. The van der Waals surface area contributed by atoms with Gasteiger partial charge >= 0.3 is 0 Å². The minimum Gasteiger partial charge on any atom is -0.495 e. The second kappa shape index (κ2) is 7.59. The number of carbonyl (C=O) groups excluding carboxylic acids is 1. The molecule has 3 N–H and O–H groups in total. The highest BCUT2D eigenvalue weighted by molar-refractivity contribution is 5.91. The number of benzene rings is 1. The molecule has 104 valence electrons. The van der Waals surface area contributed by atoms with Gasteiger partial charge in [0, 0.05) is 6.92 Å². The van der Waals surface area contributed by atoms with E-state index >= 15 is 0 Å². The zero-order valence-corrected chi connectivity index (χ0v) is 11.8. The normalized spacial score (nSPS) is 11.3. The number of anilines is 1. The molecule has 1 aromatic carbocycles. The molecule has 0 unspecified atom stereocenters. The zero-order chi connectivity index (χ0) is 14.3. The molecule has 1 aromatic rings. The molecule has 0 spiro atoms. The van der Waals surface area contributed by atoms with Gasteiger partial charge in [-0.3, -0.25) is 4.79 Å². The van der Waals surface area contributed by atoms with E-state index in [1.54, 1.807) is 7.11 Å². The van der Waals surface area contributed by atoms with Gasteiger partial charge in [-0.25, -0.2) is 0 Å². The first-order valence-electron chi connectivity index (χ1n) is 6.41. The summed E-state index contributed by atoms with van der Waals surface area (Å²) in [6, 6.07) is 5.77. The molecular weight excluding hydrogens is 240 g/mol. The van der Waals surface area contributed by atoms with Gasteiger partial charge in [-0.1, -0.05) is 12.1 Å². The smallest absolute Gasteiger partial charge is 0.221 e. The topological polar surface area (TPSA) is 64.3 Å². The molecule has 0 bridgehead atoms. The number of methoxy groups -OCH3 is 1. The molecule has 0 saturated heterocycles. The van der Waals surface area contributed by atoms with Crippen LogP contribution in [0, 0.1) is 0 Å². The predicted octanol–water partition coefficient (Wildman–Crippen LogP) is 2.80. The first-order chi connectivity index (χ1) is 9.08. The Morgan fingerprint density at radius 1 is 1.42 bits per heavy atom. The first kappa shape index (κ1) is 15.2.